The van der Waals surface area contributed by atoms with Crippen LogP contribution in [0, 0.1) is 0 Å². The molecule has 64 valence electrons. The fourth-order valence-corrected chi connectivity index (χ4v) is 1.65. The molecule has 0 unspecified atom stereocenters. The van der Waals surface area contributed by atoms with Gasteiger partial charge < -0.3 is 4.57 Å². The van der Waals surface area contributed by atoms with Crippen LogP contribution in [0.5, 0.6) is 0 Å². The maximum atomic E-state index is 4.29. The molecular formula is C10H14N2. The van der Waals surface area contributed by atoms with Crippen molar-refractivity contribution < 1.29 is 0 Å². The molecular weight excluding hydrogens is 148 g/mol. The second-order valence-electron chi connectivity index (χ2n) is 3.51. The Morgan fingerprint density at radius 1 is 1.50 bits per heavy atom. The molecule has 0 saturated heterocycles. The quantitative estimate of drug-likeness (QED) is 0.601. The van der Waals surface area contributed by atoms with Crippen molar-refractivity contribution in [3.63, 3.8) is 0 Å². The second kappa shape index (κ2) is 2.77. The van der Waals surface area contributed by atoms with Crippen molar-refractivity contribution in [1.82, 2.24) is 4.57 Å². The molecule has 0 aromatic carbocycles. The van der Waals surface area contributed by atoms with Crippen molar-refractivity contribution in [2.45, 2.75) is 26.3 Å². The van der Waals surface area contributed by atoms with Crippen molar-refractivity contribution in [2.24, 2.45) is 4.99 Å². The van der Waals surface area contributed by atoms with Crippen molar-refractivity contribution >= 4 is 6.21 Å². The number of aliphatic imine (C=N–C) groups is 1. The third-order valence-electron chi connectivity index (χ3n) is 2.32. The molecule has 0 bridgehead atoms. The van der Waals surface area contributed by atoms with E-state index in [4.69, 9.17) is 0 Å². The third kappa shape index (κ3) is 1.07. The minimum absolute atomic E-state index is 0.540. The standard InChI is InChI=1S/C10H14N2/c1-8(2)12-6-4-9-3-5-11-7-10(9)12/h4,6-8H,3,5H2,1-2H3. The van der Waals surface area contributed by atoms with Gasteiger partial charge >= 0.3 is 0 Å². The SMILES string of the molecule is CC(C)n1ccc2c1C=NCC2. The number of nitrogens with zero attached hydrogens (tertiary/aromatic N) is 2. The summed E-state index contributed by atoms with van der Waals surface area (Å²) in [5.41, 5.74) is 2.75. The van der Waals surface area contributed by atoms with Crippen LogP contribution in [0.2, 0.25) is 0 Å². The molecule has 2 heterocycles. The van der Waals surface area contributed by atoms with Crippen LogP contribution in [0.1, 0.15) is 31.1 Å². The summed E-state index contributed by atoms with van der Waals surface area (Å²) in [5, 5.41) is 0. The van der Waals surface area contributed by atoms with Crippen LogP contribution < -0.4 is 0 Å². The van der Waals surface area contributed by atoms with E-state index in [1.807, 2.05) is 6.21 Å². The highest BCUT2D eigenvalue weighted by molar-refractivity contribution is 5.81. The largest absolute Gasteiger partial charge is 0.344 e. The summed E-state index contributed by atoms with van der Waals surface area (Å²) < 4.78 is 2.28. The Morgan fingerprint density at radius 3 is 3.08 bits per heavy atom. The molecule has 2 heteroatoms. The predicted molar refractivity (Wildman–Crippen MR) is 51.0 cm³/mol. The molecule has 0 fully saturated rings. The zero-order valence-corrected chi connectivity index (χ0v) is 7.62. The van der Waals surface area contributed by atoms with Crippen LogP contribution in [-0.2, 0) is 6.42 Å². The summed E-state index contributed by atoms with van der Waals surface area (Å²) in [6.07, 6.45) is 5.26. The van der Waals surface area contributed by atoms with Gasteiger partial charge in [0.2, 0.25) is 0 Å². The summed E-state index contributed by atoms with van der Waals surface area (Å²) in [5.74, 6) is 0. The number of aromatic nitrogens is 1. The van der Waals surface area contributed by atoms with Gasteiger partial charge in [0.1, 0.15) is 0 Å². The summed E-state index contributed by atoms with van der Waals surface area (Å²) in [6.45, 7) is 5.35. The van der Waals surface area contributed by atoms with Crippen LogP contribution in [0.25, 0.3) is 0 Å². The Morgan fingerprint density at radius 2 is 2.33 bits per heavy atom. The van der Waals surface area contributed by atoms with Gasteiger partial charge in [-0.25, -0.2) is 0 Å². The van der Waals surface area contributed by atoms with Gasteiger partial charge in [0.05, 0.1) is 5.69 Å². The first-order chi connectivity index (χ1) is 5.79. The van der Waals surface area contributed by atoms with Gasteiger partial charge in [-0.1, -0.05) is 0 Å². The molecule has 0 saturated carbocycles. The van der Waals surface area contributed by atoms with Crippen LogP contribution in [0.4, 0.5) is 0 Å². The van der Waals surface area contributed by atoms with Crippen LogP contribution in [-0.4, -0.2) is 17.3 Å². The van der Waals surface area contributed by atoms with Crippen molar-refractivity contribution in [3.8, 4) is 0 Å². The van der Waals surface area contributed by atoms with Crippen molar-refractivity contribution in [3.05, 3.63) is 23.5 Å². The zero-order valence-electron chi connectivity index (χ0n) is 7.62. The van der Waals surface area contributed by atoms with Gasteiger partial charge in [-0.3, -0.25) is 4.99 Å². The molecule has 12 heavy (non-hydrogen) atoms. The Bertz CT molecular complexity index is 308. The van der Waals surface area contributed by atoms with Gasteiger partial charge in [-0.15, -0.1) is 0 Å². The minimum Gasteiger partial charge on any atom is -0.344 e. The van der Waals surface area contributed by atoms with E-state index >= 15 is 0 Å². The fraction of sp³-hybridized carbons (Fsp3) is 0.500. The molecule has 1 aliphatic heterocycles. The third-order valence-corrected chi connectivity index (χ3v) is 2.32. The van der Waals surface area contributed by atoms with E-state index in [1.165, 1.54) is 11.3 Å². The topological polar surface area (TPSA) is 17.3 Å². The number of fused-ring (bicyclic) bond motifs is 1. The Kier molecular flexibility index (Phi) is 1.75. The summed E-state index contributed by atoms with van der Waals surface area (Å²) in [7, 11) is 0. The highest BCUT2D eigenvalue weighted by Crippen LogP contribution is 2.17. The molecule has 2 rings (SSSR count). The Balaban J connectivity index is 2.47. The van der Waals surface area contributed by atoms with E-state index in [0.717, 1.165) is 13.0 Å². The molecule has 1 aromatic rings. The molecule has 0 N–H and O–H groups in total. The highest BCUT2D eigenvalue weighted by Gasteiger charge is 2.11. The number of rotatable bonds is 1. The lowest BCUT2D eigenvalue weighted by atomic mass is 10.1. The van der Waals surface area contributed by atoms with Gasteiger partial charge in [0.25, 0.3) is 0 Å². The molecule has 1 aromatic heterocycles. The minimum atomic E-state index is 0.540. The van der Waals surface area contributed by atoms with Gasteiger partial charge in [0.15, 0.2) is 0 Å². The van der Waals surface area contributed by atoms with Crippen molar-refractivity contribution in [1.29, 1.82) is 0 Å². The van der Waals surface area contributed by atoms with Crippen molar-refractivity contribution in [2.75, 3.05) is 6.54 Å². The molecule has 0 atom stereocenters. The van der Waals surface area contributed by atoms with E-state index in [2.05, 4.69) is 35.7 Å². The van der Waals surface area contributed by atoms with Crippen LogP contribution in [0.3, 0.4) is 0 Å². The monoisotopic (exact) mass is 162 g/mol. The van der Waals surface area contributed by atoms with Gasteiger partial charge in [0, 0.05) is 25.0 Å². The lowest BCUT2D eigenvalue weighted by Gasteiger charge is -2.13. The van der Waals surface area contributed by atoms with E-state index in [0.29, 0.717) is 6.04 Å². The predicted octanol–water partition coefficient (Wildman–Crippen LogP) is 2.04. The number of hydrogen-bond donors (Lipinski definition) is 0. The highest BCUT2D eigenvalue weighted by atomic mass is 15.0. The molecule has 0 aliphatic carbocycles. The lowest BCUT2D eigenvalue weighted by Crippen LogP contribution is -2.09. The number of hydrogen-bond acceptors (Lipinski definition) is 1. The second-order valence-corrected chi connectivity index (χ2v) is 3.51. The normalized spacial score (nSPS) is 15.2. The Hall–Kier alpha value is -1.05. The van der Waals surface area contributed by atoms with E-state index in [-0.39, 0.29) is 0 Å². The van der Waals surface area contributed by atoms with Gasteiger partial charge in [-0.2, -0.15) is 0 Å². The molecule has 1 aliphatic rings. The summed E-state index contributed by atoms with van der Waals surface area (Å²) in [6, 6.07) is 2.75. The smallest absolute Gasteiger partial charge is 0.0623 e. The molecule has 0 spiro atoms. The average Bonchev–Trinajstić information content (AvgIpc) is 2.47. The Labute approximate surface area is 72.9 Å². The summed E-state index contributed by atoms with van der Waals surface area (Å²) >= 11 is 0. The first-order valence-corrected chi connectivity index (χ1v) is 4.48. The summed E-state index contributed by atoms with van der Waals surface area (Å²) in [4.78, 5) is 4.29. The average molecular weight is 162 g/mol. The first kappa shape index (κ1) is 7.59. The van der Waals surface area contributed by atoms with E-state index < -0.39 is 0 Å². The first-order valence-electron chi connectivity index (χ1n) is 4.48. The van der Waals surface area contributed by atoms with Crippen LogP contribution >= 0.6 is 0 Å². The molecule has 0 amide bonds. The van der Waals surface area contributed by atoms with Crippen LogP contribution in [0.15, 0.2) is 17.3 Å². The van der Waals surface area contributed by atoms with E-state index in [1.54, 1.807) is 0 Å². The fourth-order valence-electron chi connectivity index (χ4n) is 1.65. The molecule has 0 radical (unpaired) electrons. The lowest BCUT2D eigenvalue weighted by molar-refractivity contribution is 0.598. The maximum absolute atomic E-state index is 4.29. The maximum Gasteiger partial charge on any atom is 0.0623 e. The zero-order chi connectivity index (χ0) is 8.55. The molecule has 2 nitrogen and oxygen atoms in total. The van der Waals surface area contributed by atoms with E-state index in [9.17, 15) is 0 Å². The van der Waals surface area contributed by atoms with Gasteiger partial charge in [-0.05, 0) is 31.9 Å².